The molecule has 33 heavy (non-hydrogen) atoms. The maximum absolute atomic E-state index is 13.9. The molecule has 6 nitrogen and oxygen atoms in total. The van der Waals surface area contributed by atoms with Crippen LogP contribution in [0, 0.1) is 24.7 Å². The first-order valence-electron chi connectivity index (χ1n) is 12.3. The lowest BCUT2D eigenvalue weighted by molar-refractivity contribution is -0.00783. The number of para-hydroxylation sites is 1. The first-order chi connectivity index (χ1) is 15.9. The van der Waals surface area contributed by atoms with Crippen LogP contribution in [-0.2, 0) is 19.0 Å². The van der Waals surface area contributed by atoms with Gasteiger partial charge < -0.3 is 4.90 Å². The molecule has 0 unspecified atom stereocenters. The van der Waals surface area contributed by atoms with E-state index in [1.807, 2.05) is 65.9 Å². The third kappa shape index (κ3) is 3.51. The van der Waals surface area contributed by atoms with Gasteiger partial charge in [-0.25, -0.2) is 4.68 Å². The van der Waals surface area contributed by atoms with Crippen molar-refractivity contribution in [1.29, 1.82) is 0 Å². The Balaban J connectivity index is 1.39. The predicted molar refractivity (Wildman–Crippen MR) is 127 cm³/mol. The average Bonchev–Trinajstić information content (AvgIpc) is 3.36. The van der Waals surface area contributed by atoms with Crippen molar-refractivity contribution in [1.82, 2.24) is 24.5 Å². The summed E-state index contributed by atoms with van der Waals surface area (Å²) in [6.07, 6.45) is 11.7. The van der Waals surface area contributed by atoms with Gasteiger partial charge in [-0.3, -0.25) is 9.48 Å². The highest BCUT2D eigenvalue weighted by Crippen LogP contribution is 2.61. The van der Waals surface area contributed by atoms with Gasteiger partial charge in [0.25, 0.3) is 5.91 Å². The fraction of sp³-hybridized carbons (Fsp3) is 0.519. The number of carbonyl (C=O) groups is 1. The Hall–Kier alpha value is -2.89. The van der Waals surface area contributed by atoms with E-state index in [2.05, 4.69) is 17.2 Å². The summed E-state index contributed by atoms with van der Waals surface area (Å²) in [6.45, 7) is 2.55. The first kappa shape index (κ1) is 20.7. The number of aryl methyl sites for hydroxylation is 2. The Kier molecular flexibility index (Phi) is 4.75. The summed E-state index contributed by atoms with van der Waals surface area (Å²) < 4.78 is 3.75. The Morgan fingerprint density at radius 2 is 1.67 bits per heavy atom. The Labute approximate surface area is 195 Å². The zero-order chi connectivity index (χ0) is 22.7. The van der Waals surface area contributed by atoms with Gasteiger partial charge in [0.2, 0.25) is 0 Å². The third-order valence-electron chi connectivity index (χ3n) is 8.38. The molecule has 0 radical (unpaired) electrons. The van der Waals surface area contributed by atoms with E-state index in [9.17, 15) is 4.79 Å². The molecule has 0 spiro atoms. The maximum atomic E-state index is 13.9. The number of hydrogen-bond donors (Lipinski definition) is 0. The second-order valence-corrected chi connectivity index (χ2v) is 10.9. The number of nitrogens with zero attached hydrogens (tertiary/aromatic N) is 5. The molecule has 7 rings (SSSR count). The summed E-state index contributed by atoms with van der Waals surface area (Å²) >= 11 is 0. The van der Waals surface area contributed by atoms with Crippen LogP contribution in [-0.4, -0.2) is 37.4 Å². The van der Waals surface area contributed by atoms with Gasteiger partial charge >= 0.3 is 0 Å². The van der Waals surface area contributed by atoms with Gasteiger partial charge in [0.05, 0.1) is 22.6 Å². The molecule has 1 amide bonds. The highest BCUT2D eigenvalue weighted by atomic mass is 16.2. The smallest absolute Gasteiger partial charge is 0.257 e. The highest BCUT2D eigenvalue weighted by molar-refractivity contribution is 5.95. The van der Waals surface area contributed by atoms with Gasteiger partial charge in [0.1, 0.15) is 0 Å². The van der Waals surface area contributed by atoms with Crippen molar-refractivity contribution >= 4 is 5.91 Å². The maximum Gasteiger partial charge on any atom is 0.257 e. The molecule has 0 N–H and O–H groups in total. The highest BCUT2D eigenvalue weighted by Gasteiger charge is 2.54. The number of carbonyl (C=O) groups excluding carboxylic acids is 1. The molecule has 6 heteroatoms. The van der Waals surface area contributed by atoms with E-state index in [0.29, 0.717) is 6.54 Å². The van der Waals surface area contributed by atoms with E-state index in [4.69, 9.17) is 5.10 Å². The van der Waals surface area contributed by atoms with E-state index >= 15 is 0 Å². The zero-order valence-corrected chi connectivity index (χ0v) is 19.9. The van der Waals surface area contributed by atoms with Crippen molar-refractivity contribution in [2.75, 3.05) is 7.05 Å². The molecule has 4 bridgehead atoms. The second-order valence-electron chi connectivity index (χ2n) is 10.9. The molecule has 4 saturated carbocycles. The van der Waals surface area contributed by atoms with Crippen LogP contribution in [0.15, 0.2) is 42.7 Å². The van der Waals surface area contributed by atoms with E-state index in [-0.39, 0.29) is 11.3 Å². The van der Waals surface area contributed by atoms with Crippen molar-refractivity contribution in [3.05, 3.63) is 65.2 Å². The van der Waals surface area contributed by atoms with Gasteiger partial charge in [-0.15, -0.1) is 0 Å². The Morgan fingerprint density at radius 3 is 2.24 bits per heavy atom. The van der Waals surface area contributed by atoms with Crippen LogP contribution < -0.4 is 0 Å². The van der Waals surface area contributed by atoms with Gasteiger partial charge in [0.15, 0.2) is 0 Å². The summed E-state index contributed by atoms with van der Waals surface area (Å²) in [6, 6.07) is 10.2. The standard InChI is InChI=1S/C27H33N5O/c1-18-22(16-31(3)28-18)15-30(2)26(33)24-17-32(23-7-5-4-6-8-23)29-25(24)27-12-19-9-20(13-27)11-21(10-19)14-27/h4-8,16-17,19-21H,9-15H2,1-3H3. The third-order valence-corrected chi connectivity index (χ3v) is 8.38. The van der Waals surface area contributed by atoms with Crippen LogP contribution in [0.4, 0.5) is 0 Å². The molecule has 0 saturated heterocycles. The van der Waals surface area contributed by atoms with Gasteiger partial charge in [-0.1, -0.05) is 18.2 Å². The molecule has 4 fully saturated rings. The minimum absolute atomic E-state index is 0.0604. The zero-order valence-electron chi connectivity index (χ0n) is 19.9. The van der Waals surface area contributed by atoms with Crippen molar-refractivity contribution in [2.24, 2.45) is 24.8 Å². The van der Waals surface area contributed by atoms with E-state index < -0.39 is 0 Å². The second kappa shape index (κ2) is 7.57. The predicted octanol–water partition coefficient (Wildman–Crippen LogP) is 4.65. The molecule has 4 aliphatic rings. The quantitative estimate of drug-likeness (QED) is 0.577. The van der Waals surface area contributed by atoms with Crippen molar-refractivity contribution in [3.63, 3.8) is 0 Å². The number of aromatic nitrogens is 4. The van der Waals surface area contributed by atoms with Gasteiger partial charge in [-0.05, 0) is 75.3 Å². The molecule has 4 aliphatic carbocycles. The minimum atomic E-state index is 0.0604. The van der Waals surface area contributed by atoms with Gasteiger partial charge in [0, 0.05) is 44.0 Å². The monoisotopic (exact) mass is 443 g/mol. The first-order valence-corrected chi connectivity index (χ1v) is 12.3. The van der Waals surface area contributed by atoms with Crippen LogP contribution >= 0.6 is 0 Å². The summed E-state index contributed by atoms with van der Waals surface area (Å²) in [5, 5.41) is 9.60. The topological polar surface area (TPSA) is 56.0 Å². The molecular formula is C27H33N5O. The number of amides is 1. The van der Waals surface area contributed by atoms with Gasteiger partial charge in [-0.2, -0.15) is 10.2 Å². The number of benzene rings is 1. The molecular weight excluding hydrogens is 410 g/mol. The molecule has 2 heterocycles. The Bertz CT molecular complexity index is 1160. The molecule has 0 aliphatic heterocycles. The van der Waals surface area contributed by atoms with Crippen molar-refractivity contribution < 1.29 is 4.79 Å². The molecule has 3 aromatic rings. The molecule has 172 valence electrons. The lowest BCUT2D eigenvalue weighted by atomic mass is 9.48. The molecule has 1 aromatic carbocycles. The lowest BCUT2D eigenvalue weighted by Crippen LogP contribution is -2.49. The summed E-state index contributed by atoms with van der Waals surface area (Å²) in [5.74, 6) is 2.47. The lowest BCUT2D eigenvalue weighted by Gasteiger charge is -2.56. The summed E-state index contributed by atoms with van der Waals surface area (Å²) in [4.78, 5) is 15.7. The van der Waals surface area contributed by atoms with Crippen LogP contribution in [0.25, 0.3) is 5.69 Å². The van der Waals surface area contributed by atoms with Crippen LogP contribution in [0.2, 0.25) is 0 Å². The minimum Gasteiger partial charge on any atom is -0.337 e. The molecule has 0 atom stereocenters. The normalized spacial score (nSPS) is 27.8. The van der Waals surface area contributed by atoms with E-state index in [1.54, 1.807) is 0 Å². The van der Waals surface area contributed by atoms with E-state index in [0.717, 1.165) is 46.0 Å². The molecule has 2 aromatic heterocycles. The van der Waals surface area contributed by atoms with Crippen LogP contribution in [0.3, 0.4) is 0 Å². The number of hydrogen-bond acceptors (Lipinski definition) is 3. The van der Waals surface area contributed by atoms with E-state index in [1.165, 1.54) is 38.5 Å². The SMILES string of the molecule is Cc1nn(C)cc1CN(C)C(=O)c1cn(-c2ccccc2)nc1C12CC3CC(CC(C3)C1)C2. The largest absolute Gasteiger partial charge is 0.337 e. The Morgan fingerprint density at radius 1 is 1.03 bits per heavy atom. The fourth-order valence-corrected chi connectivity index (χ4v) is 7.37. The summed E-state index contributed by atoms with van der Waals surface area (Å²) in [7, 11) is 3.82. The van der Waals surface area contributed by atoms with Crippen molar-refractivity contribution in [3.8, 4) is 5.69 Å². The van der Waals surface area contributed by atoms with Crippen LogP contribution in [0.1, 0.15) is 65.8 Å². The average molecular weight is 444 g/mol. The fourth-order valence-electron chi connectivity index (χ4n) is 7.37. The van der Waals surface area contributed by atoms with Crippen molar-refractivity contribution in [2.45, 2.75) is 57.4 Å². The number of rotatable bonds is 5. The summed E-state index contributed by atoms with van der Waals surface area (Å²) in [5.41, 5.74) is 4.95. The van der Waals surface area contributed by atoms with Crippen LogP contribution in [0.5, 0.6) is 0 Å².